The maximum absolute atomic E-state index is 14.7. The van der Waals surface area contributed by atoms with E-state index in [1.807, 2.05) is 20.0 Å². The second kappa shape index (κ2) is 6.59. The third-order valence-electron chi connectivity index (χ3n) is 5.58. The monoisotopic (exact) mass is 396 g/mol. The molecule has 0 amide bonds. The molecule has 2 aliphatic rings. The number of halogens is 2. The molecular formula is C21H22F2N6. The number of aromatic nitrogens is 4. The van der Waals surface area contributed by atoms with Crippen molar-refractivity contribution >= 4 is 17.2 Å². The van der Waals surface area contributed by atoms with Gasteiger partial charge in [0.1, 0.15) is 5.67 Å². The maximum atomic E-state index is 14.7. The lowest BCUT2D eigenvalue weighted by atomic mass is 9.98. The molecule has 0 unspecified atom stereocenters. The van der Waals surface area contributed by atoms with E-state index >= 15 is 0 Å². The molecule has 1 aliphatic carbocycles. The van der Waals surface area contributed by atoms with Gasteiger partial charge in [-0.1, -0.05) is 6.08 Å². The second-order valence-electron chi connectivity index (χ2n) is 7.98. The third-order valence-corrected chi connectivity index (χ3v) is 5.58. The summed E-state index contributed by atoms with van der Waals surface area (Å²) in [4.78, 5) is 13.1. The molecule has 0 aromatic carbocycles. The lowest BCUT2D eigenvalue weighted by Gasteiger charge is -2.13. The van der Waals surface area contributed by atoms with Gasteiger partial charge < -0.3 is 15.0 Å². The standard InChI is InChI=1S/C21H22F2N6/c1-12-5-15(14-6-17(22)19-25-7-13(2)29(19)10-14)16-8-26-20(28-18(16)9-24-12)27-11-21(23)3-4-21/h5-8,10,12,24H,3-4,9,11H2,1-2H3,(H,26,27,28)/t12-/m1/s1. The van der Waals surface area contributed by atoms with Crippen LogP contribution >= 0.6 is 0 Å². The Bertz CT molecular complexity index is 1130. The number of fused-ring (bicyclic) bond motifs is 2. The number of hydrogen-bond acceptors (Lipinski definition) is 5. The number of nitrogens with one attached hydrogen (secondary N) is 2. The zero-order valence-corrected chi connectivity index (χ0v) is 16.3. The van der Waals surface area contributed by atoms with Crippen molar-refractivity contribution in [3.05, 3.63) is 59.1 Å². The average Bonchev–Trinajstić information content (AvgIpc) is 3.37. The minimum Gasteiger partial charge on any atom is -0.351 e. The summed E-state index contributed by atoms with van der Waals surface area (Å²) in [6, 6.07) is 1.57. The van der Waals surface area contributed by atoms with Crippen molar-refractivity contribution in [2.24, 2.45) is 0 Å². The van der Waals surface area contributed by atoms with Gasteiger partial charge in [-0.05, 0) is 38.3 Å². The largest absolute Gasteiger partial charge is 0.351 e. The first-order valence-electron chi connectivity index (χ1n) is 9.80. The Balaban J connectivity index is 1.55. The first-order chi connectivity index (χ1) is 13.9. The summed E-state index contributed by atoms with van der Waals surface area (Å²) in [5.74, 6) is 0.0373. The predicted octanol–water partition coefficient (Wildman–Crippen LogP) is 3.41. The Labute approximate surface area is 167 Å². The summed E-state index contributed by atoms with van der Waals surface area (Å²) >= 11 is 0. The summed E-state index contributed by atoms with van der Waals surface area (Å²) < 4.78 is 30.3. The van der Waals surface area contributed by atoms with E-state index in [-0.39, 0.29) is 18.4 Å². The molecule has 5 rings (SSSR count). The van der Waals surface area contributed by atoms with Crippen molar-refractivity contribution in [3.8, 4) is 0 Å². The van der Waals surface area contributed by atoms with Crippen LogP contribution in [0.15, 0.2) is 30.7 Å². The summed E-state index contributed by atoms with van der Waals surface area (Å²) in [6.45, 7) is 4.69. The number of imidazole rings is 1. The van der Waals surface area contributed by atoms with Crippen LogP contribution in [0.4, 0.5) is 14.7 Å². The number of nitrogens with zero attached hydrogens (tertiary/aromatic N) is 4. The highest BCUT2D eigenvalue weighted by molar-refractivity contribution is 5.82. The van der Waals surface area contributed by atoms with Crippen LogP contribution in [0, 0.1) is 12.7 Å². The van der Waals surface area contributed by atoms with Crippen LogP contribution < -0.4 is 10.6 Å². The second-order valence-corrected chi connectivity index (χ2v) is 7.98. The third kappa shape index (κ3) is 3.37. The smallest absolute Gasteiger partial charge is 0.223 e. The van der Waals surface area contributed by atoms with Crippen LogP contribution in [-0.4, -0.2) is 37.6 Å². The fourth-order valence-electron chi connectivity index (χ4n) is 3.63. The number of aryl methyl sites for hydroxylation is 1. The summed E-state index contributed by atoms with van der Waals surface area (Å²) in [5, 5.41) is 6.39. The Morgan fingerprint density at radius 1 is 1.31 bits per heavy atom. The van der Waals surface area contributed by atoms with Gasteiger partial charge in [0, 0.05) is 48.0 Å². The molecule has 150 valence electrons. The molecule has 0 radical (unpaired) electrons. The first kappa shape index (κ1) is 18.2. The van der Waals surface area contributed by atoms with Crippen molar-refractivity contribution < 1.29 is 8.78 Å². The van der Waals surface area contributed by atoms with Gasteiger partial charge in [-0.15, -0.1) is 0 Å². The number of anilines is 1. The van der Waals surface area contributed by atoms with E-state index in [1.54, 1.807) is 16.8 Å². The normalized spacial score (nSPS) is 20.1. The van der Waals surface area contributed by atoms with Crippen LogP contribution in [0.5, 0.6) is 0 Å². The number of rotatable bonds is 4. The molecule has 4 heterocycles. The van der Waals surface area contributed by atoms with Crippen molar-refractivity contribution in [1.82, 2.24) is 24.7 Å². The summed E-state index contributed by atoms with van der Waals surface area (Å²) in [7, 11) is 0. The van der Waals surface area contributed by atoms with Crippen molar-refractivity contribution in [3.63, 3.8) is 0 Å². The topological polar surface area (TPSA) is 67.1 Å². The quantitative estimate of drug-likeness (QED) is 0.708. The highest BCUT2D eigenvalue weighted by atomic mass is 19.1. The van der Waals surface area contributed by atoms with Crippen molar-refractivity contribution in [1.29, 1.82) is 0 Å². The molecule has 2 N–H and O–H groups in total. The molecule has 0 bridgehead atoms. The Kier molecular flexibility index (Phi) is 4.13. The van der Waals surface area contributed by atoms with Crippen LogP contribution in [-0.2, 0) is 6.54 Å². The molecule has 1 saturated carbocycles. The van der Waals surface area contributed by atoms with Gasteiger partial charge in [0.05, 0.1) is 12.2 Å². The molecule has 3 aromatic rings. The molecule has 0 spiro atoms. The highest BCUT2D eigenvalue weighted by Crippen LogP contribution is 2.39. The molecule has 8 heteroatoms. The number of alkyl halides is 1. The van der Waals surface area contributed by atoms with Gasteiger partial charge >= 0.3 is 0 Å². The van der Waals surface area contributed by atoms with Gasteiger partial charge in [-0.2, -0.15) is 0 Å². The van der Waals surface area contributed by atoms with Crippen molar-refractivity contribution in [2.45, 2.75) is 44.9 Å². The van der Waals surface area contributed by atoms with E-state index in [4.69, 9.17) is 0 Å². The molecule has 0 saturated heterocycles. The molecule has 3 aromatic heterocycles. The Morgan fingerprint density at radius 3 is 2.93 bits per heavy atom. The van der Waals surface area contributed by atoms with E-state index in [9.17, 15) is 8.78 Å². The lowest BCUT2D eigenvalue weighted by molar-refractivity contribution is 0.326. The fraction of sp³-hybridized carbons (Fsp3) is 0.381. The minimum atomic E-state index is -1.12. The molecule has 6 nitrogen and oxygen atoms in total. The average molecular weight is 396 g/mol. The van der Waals surface area contributed by atoms with Crippen LogP contribution in [0.2, 0.25) is 0 Å². The van der Waals surface area contributed by atoms with Gasteiger partial charge in [0.15, 0.2) is 11.5 Å². The lowest BCUT2D eigenvalue weighted by Crippen LogP contribution is -2.23. The zero-order valence-electron chi connectivity index (χ0n) is 16.3. The number of pyridine rings is 1. The van der Waals surface area contributed by atoms with Gasteiger partial charge in [0.2, 0.25) is 5.95 Å². The molecule has 1 fully saturated rings. The van der Waals surface area contributed by atoms with E-state index < -0.39 is 5.67 Å². The van der Waals surface area contributed by atoms with E-state index in [0.29, 0.717) is 31.0 Å². The van der Waals surface area contributed by atoms with E-state index in [0.717, 1.165) is 28.1 Å². The minimum absolute atomic E-state index is 0.0684. The van der Waals surface area contributed by atoms with Crippen LogP contribution in [0.1, 0.15) is 42.3 Å². The maximum Gasteiger partial charge on any atom is 0.223 e. The Hall–Kier alpha value is -2.87. The zero-order chi connectivity index (χ0) is 20.2. The summed E-state index contributed by atoms with van der Waals surface area (Å²) in [6.07, 6.45) is 8.49. The van der Waals surface area contributed by atoms with Gasteiger partial charge in [-0.25, -0.2) is 23.7 Å². The highest BCUT2D eigenvalue weighted by Gasteiger charge is 2.43. The van der Waals surface area contributed by atoms with Crippen LogP contribution in [0.3, 0.4) is 0 Å². The van der Waals surface area contributed by atoms with Gasteiger partial charge in [-0.3, -0.25) is 0 Å². The van der Waals surface area contributed by atoms with Crippen LogP contribution in [0.25, 0.3) is 11.2 Å². The molecule has 1 atom stereocenters. The van der Waals surface area contributed by atoms with E-state index in [2.05, 4.69) is 31.7 Å². The molecule has 1 aliphatic heterocycles. The first-order valence-corrected chi connectivity index (χ1v) is 9.80. The molecular weight excluding hydrogens is 374 g/mol. The summed E-state index contributed by atoms with van der Waals surface area (Å²) in [5.41, 5.74) is 3.28. The SMILES string of the molecule is Cc1cnc2c(F)cc(C3=C[C@@H](C)NCc4nc(NCC5(F)CC5)ncc43)cn12. The van der Waals surface area contributed by atoms with Gasteiger partial charge in [0.25, 0.3) is 0 Å². The number of hydrogen-bond donors (Lipinski definition) is 2. The molecule has 29 heavy (non-hydrogen) atoms. The predicted molar refractivity (Wildman–Crippen MR) is 107 cm³/mol. The van der Waals surface area contributed by atoms with E-state index in [1.165, 1.54) is 6.07 Å². The Morgan fingerprint density at radius 2 is 2.14 bits per heavy atom. The fourth-order valence-corrected chi connectivity index (χ4v) is 3.63. The van der Waals surface area contributed by atoms with Crippen molar-refractivity contribution in [2.75, 3.05) is 11.9 Å².